The van der Waals surface area contributed by atoms with Crippen LogP contribution in [0.3, 0.4) is 0 Å². The Labute approximate surface area is 187 Å². The van der Waals surface area contributed by atoms with Gasteiger partial charge in [0.1, 0.15) is 0 Å². The fourth-order valence-corrected chi connectivity index (χ4v) is 4.70. The molecule has 0 aromatic carbocycles. The summed E-state index contributed by atoms with van der Waals surface area (Å²) >= 11 is 1.73. The average molecular weight is 436 g/mol. The predicted molar refractivity (Wildman–Crippen MR) is 127 cm³/mol. The zero-order chi connectivity index (χ0) is 22.1. The lowest BCUT2D eigenvalue weighted by atomic mass is 9.93. The number of likely N-dealkylation sites (tertiary alicyclic amines) is 1. The van der Waals surface area contributed by atoms with Gasteiger partial charge in [-0.15, -0.1) is 11.3 Å². The van der Waals surface area contributed by atoms with Crippen molar-refractivity contribution in [2.45, 2.75) is 85.1 Å². The van der Waals surface area contributed by atoms with Crippen LogP contribution in [0.25, 0.3) is 0 Å². The molecule has 6 nitrogen and oxygen atoms in total. The van der Waals surface area contributed by atoms with E-state index in [1.54, 1.807) is 11.3 Å². The number of hydrogen-bond donors (Lipinski definition) is 2. The SMILES string of the molecule is CCNC(=NCCc1nc(C(C)(C)C)cs1)NC1CCN(C(=O)C(CC)CC)CC1. The number of carbonyl (C=O) groups excluding carboxylic acids is 1. The summed E-state index contributed by atoms with van der Waals surface area (Å²) < 4.78 is 0. The molecule has 2 heterocycles. The topological polar surface area (TPSA) is 69.6 Å². The average Bonchev–Trinajstić information content (AvgIpc) is 3.19. The van der Waals surface area contributed by atoms with E-state index < -0.39 is 0 Å². The highest BCUT2D eigenvalue weighted by Crippen LogP contribution is 2.24. The minimum Gasteiger partial charge on any atom is -0.357 e. The summed E-state index contributed by atoms with van der Waals surface area (Å²) in [4.78, 5) is 24.2. The molecular weight excluding hydrogens is 394 g/mol. The molecule has 30 heavy (non-hydrogen) atoms. The van der Waals surface area contributed by atoms with Crippen LogP contribution in [0.1, 0.15) is 77.9 Å². The molecule has 1 aliphatic rings. The Morgan fingerprint density at radius 1 is 1.27 bits per heavy atom. The molecule has 1 aliphatic heterocycles. The van der Waals surface area contributed by atoms with Gasteiger partial charge in [-0.2, -0.15) is 0 Å². The van der Waals surface area contributed by atoms with E-state index in [4.69, 9.17) is 9.98 Å². The van der Waals surface area contributed by atoms with E-state index in [9.17, 15) is 4.79 Å². The van der Waals surface area contributed by atoms with Gasteiger partial charge in [0.05, 0.1) is 10.7 Å². The number of guanidine groups is 1. The lowest BCUT2D eigenvalue weighted by molar-refractivity contribution is -0.136. The first-order valence-electron chi connectivity index (χ1n) is 11.6. The van der Waals surface area contributed by atoms with Gasteiger partial charge in [0.2, 0.25) is 5.91 Å². The highest BCUT2D eigenvalue weighted by atomic mass is 32.1. The van der Waals surface area contributed by atoms with Crippen LogP contribution >= 0.6 is 11.3 Å². The second-order valence-electron chi connectivity index (χ2n) is 9.14. The lowest BCUT2D eigenvalue weighted by Gasteiger charge is -2.34. The number of rotatable bonds is 8. The van der Waals surface area contributed by atoms with Crippen molar-refractivity contribution in [1.29, 1.82) is 0 Å². The van der Waals surface area contributed by atoms with Gasteiger partial charge in [-0.05, 0) is 32.6 Å². The van der Waals surface area contributed by atoms with Crippen molar-refractivity contribution in [3.05, 3.63) is 16.1 Å². The molecule has 0 atom stereocenters. The Bertz CT molecular complexity index is 682. The monoisotopic (exact) mass is 435 g/mol. The Kier molecular flexibility index (Phi) is 9.59. The molecule has 170 valence electrons. The van der Waals surface area contributed by atoms with E-state index in [0.29, 0.717) is 11.9 Å². The second kappa shape index (κ2) is 11.7. The molecule has 1 aromatic heterocycles. The quantitative estimate of drug-likeness (QED) is 0.479. The molecule has 2 rings (SSSR count). The van der Waals surface area contributed by atoms with Crippen molar-refractivity contribution in [2.75, 3.05) is 26.2 Å². The number of aliphatic imine (C=N–C) groups is 1. The van der Waals surface area contributed by atoms with Gasteiger partial charge in [-0.25, -0.2) is 4.98 Å². The van der Waals surface area contributed by atoms with E-state index in [0.717, 1.165) is 74.9 Å². The Balaban J connectivity index is 1.84. The number of amides is 1. The maximum atomic E-state index is 12.6. The van der Waals surface area contributed by atoms with Crippen LogP contribution in [0.5, 0.6) is 0 Å². The molecule has 1 fully saturated rings. The molecule has 7 heteroatoms. The van der Waals surface area contributed by atoms with Gasteiger partial charge in [-0.3, -0.25) is 9.79 Å². The zero-order valence-corrected chi connectivity index (χ0v) is 20.6. The Hall–Kier alpha value is -1.63. The Morgan fingerprint density at radius 3 is 2.47 bits per heavy atom. The van der Waals surface area contributed by atoms with E-state index in [2.05, 4.69) is 62.5 Å². The van der Waals surface area contributed by atoms with Crippen LogP contribution in [0, 0.1) is 5.92 Å². The summed E-state index contributed by atoms with van der Waals surface area (Å²) in [7, 11) is 0. The first kappa shape index (κ1) is 24.6. The third-order valence-electron chi connectivity index (χ3n) is 5.74. The minimum absolute atomic E-state index is 0.0963. The van der Waals surface area contributed by atoms with Crippen molar-refractivity contribution >= 4 is 23.2 Å². The van der Waals surface area contributed by atoms with Crippen LogP contribution in [0.4, 0.5) is 0 Å². The largest absolute Gasteiger partial charge is 0.357 e. The molecule has 0 spiro atoms. The molecule has 0 bridgehead atoms. The lowest BCUT2D eigenvalue weighted by Crippen LogP contribution is -2.50. The Morgan fingerprint density at radius 2 is 1.93 bits per heavy atom. The summed E-state index contributed by atoms with van der Waals surface area (Å²) in [6, 6.07) is 0.362. The smallest absolute Gasteiger partial charge is 0.225 e. The molecule has 0 aliphatic carbocycles. The van der Waals surface area contributed by atoms with Crippen molar-refractivity contribution in [3.63, 3.8) is 0 Å². The molecule has 0 radical (unpaired) electrons. The molecule has 1 aromatic rings. The van der Waals surface area contributed by atoms with Crippen molar-refractivity contribution in [2.24, 2.45) is 10.9 Å². The van der Waals surface area contributed by atoms with Gasteiger partial charge in [0, 0.05) is 55.4 Å². The number of hydrogen-bond acceptors (Lipinski definition) is 4. The third kappa shape index (κ3) is 7.25. The number of nitrogens with one attached hydrogen (secondary N) is 2. The molecular formula is C23H41N5OS. The van der Waals surface area contributed by atoms with Gasteiger partial charge in [0.25, 0.3) is 0 Å². The molecule has 0 unspecified atom stereocenters. The number of piperidine rings is 1. The summed E-state index contributed by atoms with van der Waals surface area (Å²) in [5.74, 6) is 1.38. The van der Waals surface area contributed by atoms with Crippen molar-refractivity contribution in [1.82, 2.24) is 20.5 Å². The number of thiazole rings is 1. The van der Waals surface area contributed by atoms with Gasteiger partial charge < -0.3 is 15.5 Å². The van der Waals surface area contributed by atoms with E-state index in [1.807, 2.05) is 0 Å². The van der Waals surface area contributed by atoms with E-state index in [-0.39, 0.29) is 11.3 Å². The van der Waals surface area contributed by atoms with E-state index >= 15 is 0 Å². The van der Waals surface area contributed by atoms with Crippen LogP contribution in [-0.4, -0.2) is 54.0 Å². The second-order valence-corrected chi connectivity index (χ2v) is 10.1. The van der Waals surface area contributed by atoms with Crippen LogP contribution in [0.2, 0.25) is 0 Å². The van der Waals surface area contributed by atoms with Crippen LogP contribution < -0.4 is 10.6 Å². The van der Waals surface area contributed by atoms with Crippen molar-refractivity contribution in [3.8, 4) is 0 Å². The summed E-state index contributed by atoms with van der Waals surface area (Å²) in [6.45, 7) is 16.1. The standard InChI is InChI=1S/C23H41N5OS/c1-7-17(8-2)21(29)28-14-11-18(12-15-28)26-22(24-9-3)25-13-10-20-27-19(16-30-20)23(4,5)6/h16-18H,7-15H2,1-6H3,(H2,24,25,26). The third-order valence-corrected chi connectivity index (χ3v) is 6.65. The molecule has 1 amide bonds. The maximum Gasteiger partial charge on any atom is 0.225 e. The first-order valence-corrected chi connectivity index (χ1v) is 12.4. The molecule has 0 saturated carbocycles. The maximum absolute atomic E-state index is 12.6. The fraction of sp³-hybridized carbons (Fsp3) is 0.783. The highest BCUT2D eigenvalue weighted by molar-refractivity contribution is 7.09. The number of carbonyl (C=O) groups is 1. The summed E-state index contributed by atoms with van der Waals surface area (Å²) in [6.07, 6.45) is 4.66. The van der Waals surface area contributed by atoms with Gasteiger partial charge in [0.15, 0.2) is 5.96 Å². The number of nitrogens with zero attached hydrogens (tertiary/aromatic N) is 3. The van der Waals surface area contributed by atoms with Crippen LogP contribution in [0.15, 0.2) is 10.4 Å². The normalized spacial score (nSPS) is 16.2. The molecule has 1 saturated heterocycles. The zero-order valence-electron chi connectivity index (χ0n) is 19.8. The summed E-state index contributed by atoms with van der Waals surface area (Å²) in [5.41, 5.74) is 1.25. The van der Waals surface area contributed by atoms with Gasteiger partial charge >= 0.3 is 0 Å². The van der Waals surface area contributed by atoms with E-state index in [1.165, 1.54) is 0 Å². The fourth-order valence-electron chi connectivity index (χ4n) is 3.69. The first-order chi connectivity index (χ1) is 14.3. The predicted octanol–water partition coefficient (Wildman–Crippen LogP) is 3.97. The number of aromatic nitrogens is 1. The van der Waals surface area contributed by atoms with Crippen LogP contribution in [-0.2, 0) is 16.6 Å². The van der Waals surface area contributed by atoms with Gasteiger partial charge in [-0.1, -0.05) is 34.6 Å². The van der Waals surface area contributed by atoms with Crippen molar-refractivity contribution < 1.29 is 4.79 Å². The minimum atomic E-state index is 0.0963. The highest BCUT2D eigenvalue weighted by Gasteiger charge is 2.26. The summed E-state index contributed by atoms with van der Waals surface area (Å²) in [5, 5.41) is 10.2. The molecule has 2 N–H and O–H groups in total.